The second-order valence-corrected chi connectivity index (χ2v) is 6.01. The van der Waals surface area contributed by atoms with Crippen LogP contribution in [0.15, 0.2) is 45.9 Å². The monoisotopic (exact) mass is 371 g/mol. The Kier molecular flexibility index (Phi) is 5.75. The van der Waals surface area contributed by atoms with Gasteiger partial charge in [-0.1, -0.05) is 0 Å². The van der Waals surface area contributed by atoms with Crippen molar-refractivity contribution in [2.75, 3.05) is 13.1 Å². The maximum Gasteiger partial charge on any atom is 0.284 e. The summed E-state index contributed by atoms with van der Waals surface area (Å²) in [6.45, 7) is 3.58. The van der Waals surface area contributed by atoms with E-state index in [-0.39, 0.29) is 18.1 Å². The molecule has 0 aliphatic heterocycles. The quantitative estimate of drug-likeness (QED) is 0.377. The number of fused-ring (bicyclic) bond motifs is 1. The van der Waals surface area contributed by atoms with Crippen LogP contribution in [0.3, 0.4) is 0 Å². The molecule has 8 heteroatoms. The molecule has 0 aliphatic rings. The molecule has 0 saturated heterocycles. The van der Waals surface area contributed by atoms with Crippen LogP contribution in [-0.2, 0) is 13.0 Å². The topological polar surface area (TPSA) is 108 Å². The van der Waals surface area contributed by atoms with Crippen molar-refractivity contribution in [2.45, 2.75) is 19.9 Å². The normalized spacial score (nSPS) is 11.7. The van der Waals surface area contributed by atoms with Gasteiger partial charge in [-0.25, -0.2) is 9.38 Å². The summed E-state index contributed by atoms with van der Waals surface area (Å²) in [5.74, 6) is 0.434. The van der Waals surface area contributed by atoms with Crippen molar-refractivity contribution in [3.8, 4) is 0 Å². The van der Waals surface area contributed by atoms with Gasteiger partial charge in [0.15, 0.2) is 11.7 Å². The molecule has 142 valence electrons. The van der Waals surface area contributed by atoms with Crippen molar-refractivity contribution in [3.63, 3.8) is 0 Å². The molecule has 1 aromatic carbocycles. The van der Waals surface area contributed by atoms with E-state index in [0.29, 0.717) is 31.2 Å². The van der Waals surface area contributed by atoms with Crippen LogP contribution in [0, 0.1) is 5.82 Å². The molecule has 0 aliphatic carbocycles. The number of carbonyl (C=O) groups excluding carboxylic acids is 1. The molecule has 0 atom stereocenters. The van der Waals surface area contributed by atoms with Crippen LogP contribution in [0.1, 0.15) is 28.8 Å². The lowest BCUT2D eigenvalue weighted by molar-refractivity contribution is 0.0972. The van der Waals surface area contributed by atoms with E-state index in [2.05, 4.69) is 20.6 Å². The van der Waals surface area contributed by atoms with Crippen LogP contribution in [0.25, 0.3) is 10.9 Å². The number of carbonyl (C=O) groups is 1. The zero-order chi connectivity index (χ0) is 19.2. The molecule has 5 N–H and O–H groups in total. The van der Waals surface area contributed by atoms with E-state index in [0.717, 1.165) is 16.5 Å². The molecular formula is C19H22FN5O2. The van der Waals surface area contributed by atoms with Crippen LogP contribution in [0.4, 0.5) is 4.39 Å². The first-order valence-electron chi connectivity index (χ1n) is 8.73. The molecule has 0 radical (unpaired) electrons. The highest BCUT2D eigenvalue weighted by atomic mass is 19.1. The van der Waals surface area contributed by atoms with Gasteiger partial charge in [-0.05, 0) is 49.2 Å². The minimum Gasteiger partial charge on any atom is -0.454 e. The number of hydrogen-bond donors (Lipinski definition) is 4. The third kappa shape index (κ3) is 4.66. The molecule has 0 bridgehead atoms. The Morgan fingerprint density at radius 1 is 1.30 bits per heavy atom. The smallest absolute Gasteiger partial charge is 0.284 e. The lowest BCUT2D eigenvalue weighted by Gasteiger charge is -2.10. The highest BCUT2D eigenvalue weighted by molar-refractivity contribution is 5.89. The Labute approximate surface area is 155 Å². The number of halogens is 1. The SMILES string of the molecule is CCNC(=NCc1ccc(C(N)=O)o1)NCCc1c[nH]c2ccc(F)cc12. The first-order chi connectivity index (χ1) is 13.1. The van der Waals surface area contributed by atoms with Crippen molar-refractivity contribution in [1.29, 1.82) is 0 Å². The molecule has 2 aromatic heterocycles. The molecule has 0 fully saturated rings. The van der Waals surface area contributed by atoms with Gasteiger partial charge in [0.05, 0.1) is 0 Å². The van der Waals surface area contributed by atoms with E-state index >= 15 is 0 Å². The van der Waals surface area contributed by atoms with Gasteiger partial charge < -0.3 is 25.8 Å². The second kappa shape index (κ2) is 8.39. The third-order valence-electron chi connectivity index (χ3n) is 4.06. The molecule has 0 unspecified atom stereocenters. The number of aromatic nitrogens is 1. The minimum atomic E-state index is -0.606. The summed E-state index contributed by atoms with van der Waals surface area (Å²) < 4.78 is 18.8. The molecule has 27 heavy (non-hydrogen) atoms. The number of primary amides is 1. The zero-order valence-corrected chi connectivity index (χ0v) is 15.0. The van der Waals surface area contributed by atoms with E-state index < -0.39 is 5.91 Å². The van der Waals surface area contributed by atoms with Crippen LogP contribution in [-0.4, -0.2) is 29.9 Å². The Morgan fingerprint density at radius 2 is 2.15 bits per heavy atom. The fourth-order valence-corrected chi connectivity index (χ4v) is 2.77. The van der Waals surface area contributed by atoms with Gasteiger partial charge in [0.25, 0.3) is 5.91 Å². The molecular weight excluding hydrogens is 349 g/mol. The van der Waals surface area contributed by atoms with E-state index in [4.69, 9.17) is 10.2 Å². The number of hydrogen-bond acceptors (Lipinski definition) is 3. The van der Waals surface area contributed by atoms with Crippen molar-refractivity contribution in [1.82, 2.24) is 15.6 Å². The van der Waals surface area contributed by atoms with E-state index in [1.54, 1.807) is 12.1 Å². The number of nitrogens with one attached hydrogen (secondary N) is 3. The van der Waals surface area contributed by atoms with Crippen LogP contribution in [0.2, 0.25) is 0 Å². The number of benzene rings is 1. The number of guanidine groups is 1. The van der Waals surface area contributed by atoms with Gasteiger partial charge in [0.2, 0.25) is 0 Å². The van der Waals surface area contributed by atoms with Gasteiger partial charge >= 0.3 is 0 Å². The van der Waals surface area contributed by atoms with Crippen LogP contribution in [0.5, 0.6) is 0 Å². The van der Waals surface area contributed by atoms with Crippen LogP contribution < -0.4 is 16.4 Å². The number of furan rings is 1. The van der Waals surface area contributed by atoms with E-state index in [9.17, 15) is 9.18 Å². The predicted molar refractivity (Wildman–Crippen MR) is 102 cm³/mol. The minimum absolute atomic E-state index is 0.115. The zero-order valence-electron chi connectivity index (χ0n) is 15.0. The summed E-state index contributed by atoms with van der Waals surface area (Å²) in [4.78, 5) is 18.6. The maximum absolute atomic E-state index is 13.5. The Balaban J connectivity index is 1.60. The summed E-state index contributed by atoms with van der Waals surface area (Å²) in [5, 5.41) is 7.27. The van der Waals surface area contributed by atoms with E-state index in [1.807, 2.05) is 13.1 Å². The van der Waals surface area contributed by atoms with Crippen LogP contribution >= 0.6 is 0 Å². The lowest BCUT2D eigenvalue weighted by atomic mass is 10.1. The lowest BCUT2D eigenvalue weighted by Crippen LogP contribution is -2.38. The van der Waals surface area contributed by atoms with Crippen molar-refractivity contribution < 1.29 is 13.6 Å². The highest BCUT2D eigenvalue weighted by Crippen LogP contribution is 2.19. The van der Waals surface area contributed by atoms with Crippen molar-refractivity contribution in [2.24, 2.45) is 10.7 Å². The molecule has 0 saturated carbocycles. The predicted octanol–water partition coefficient (Wildman–Crippen LogP) is 2.30. The van der Waals surface area contributed by atoms with Gasteiger partial charge in [-0.2, -0.15) is 0 Å². The fraction of sp³-hybridized carbons (Fsp3) is 0.263. The molecule has 0 spiro atoms. The molecule has 7 nitrogen and oxygen atoms in total. The van der Waals surface area contributed by atoms with Crippen molar-refractivity contribution in [3.05, 3.63) is 59.4 Å². The number of aromatic amines is 1. The maximum atomic E-state index is 13.5. The number of amides is 1. The largest absolute Gasteiger partial charge is 0.454 e. The summed E-state index contributed by atoms with van der Waals surface area (Å²) in [7, 11) is 0. The molecule has 2 heterocycles. The summed E-state index contributed by atoms with van der Waals surface area (Å²) in [6.07, 6.45) is 2.60. The Bertz CT molecular complexity index is 960. The number of H-pyrrole nitrogens is 1. The first-order valence-corrected chi connectivity index (χ1v) is 8.73. The molecule has 1 amide bonds. The molecule has 3 rings (SSSR count). The average Bonchev–Trinajstić information content (AvgIpc) is 3.27. The van der Waals surface area contributed by atoms with Gasteiger partial charge in [-0.3, -0.25) is 4.79 Å². The van der Waals surface area contributed by atoms with E-state index in [1.165, 1.54) is 18.2 Å². The summed E-state index contributed by atoms with van der Waals surface area (Å²) >= 11 is 0. The number of nitrogens with zero attached hydrogens (tertiary/aromatic N) is 1. The number of rotatable bonds is 7. The number of aliphatic imine (C=N–C) groups is 1. The number of nitrogens with two attached hydrogens (primary N) is 1. The second-order valence-electron chi connectivity index (χ2n) is 6.01. The summed E-state index contributed by atoms with van der Waals surface area (Å²) in [6, 6.07) is 7.91. The highest BCUT2D eigenvalue weighted by Gasteiger charge is 2.08. The van der Waals surface area contributed by atoms with Gasteiger partial charge in [0.1, 0.15) is 18.1 Å². The average molecular weight is 371 g/mol. The standard InChI is InChI=1S/C19H22FN5O2/c1-2-22-19(25-11-14-4-6-17(27-14)18(21)26)23-8-7-12-10-24-16-5-3-13(20)9-15(12)16/h3-6,9-10,24H,2,7-8,11H2,1H3,(H2,21,26)(H2,22,23,25). The van der Waals surface area contributed by atoms with Crippen molar-refractivity contribution >= 4 is 22.8 Å². The fourth-order valence-electron chi connectivity index (χ4n) is 2.77. The first kappa shape index (κ1) is 18.5. The third-order valence-corrected chi connectivity index (χ3v) is 4.06. The van der Waals surface area contributed by atoms with Gasteiger partial charge in [0, 0.05) is 30.2 Å². The Hall–Kier alpha value is -3.29. The molecule has 3 aromatic rings. The van der Waals surface area contributed by atoms with Gasteiger partial charge in [-0.15, -0.1) is 0 Å². The Morgan fingerprint density at radius 3 is 2.89 bits per heavy atom. The summed E-state index contributed by atoms with van der Waals surface area (Å²) in [5.41, 5.74) is 7.12.